The van der Waals surface area contributed by atoms with Gasteiger partial charge in [0.1, 0.15) is 0 Å². The zero-order valence-corrected chi connectivity index (χ0v) is 13.1. The Bertz CT molecular complexity index is 629. The van der Waals surface area contributed by atoms with Gasteiger partial charge in [0.25, 0.3) is 0 Å². The highest BCUT2D eigenvalue weighted by molar-refractivity contribution is 5.32. The first-order valence-corrected chi connectivity index (χ1v) is 7.94. The fourth-order valence-electron chi connectivity index (χ4n) is 3.56. The lowest BCUT2D eigenvalue weighted by molar-refractivity contribution is 0.248. The Morgan fingerprint density at radius 2 is 2.05 bits per heavy atom. The summed E-state index contributed by atoms with van der Waals surface area (Å²) in [6.45, 7) is 2.90. The van der Waals surface area contributed by atoms with Crippen LogP contribution in [-0.2, 0) is 32.7 Å². The topological polar surface area (TPSA) is 43.8 Å². The largest absolute Gasteiger partial charge is 0.330 e. The molecule has 1 heterocycles. The predicted molar refractivity (Wildman–Crippen MR) is 86.2 cm³/mol. The van der Waals surface area contributed by atoms with E-state index in [1.807, 2.05) is 4.68 Å². The first kappa shape index (κ1) is 14.3. The molecule has 2 N–H and O–H groups in total. The molecule has 112 valence electrons. The summed E-state index contributed by atoms with van der Waals surface area (Å²) < 4.78 is 2.04. The van der Waals surface area contributed by atoms with E-state index in [9.17, 15) is 0 Å². The second-order valence-electron chi connectivity index (χ2n) is 6.43. The van der Waals surface area contributed by atoms with Gasteiger partial charge in [0.15, 0.2) is 0 Å². The van der Waals surface area contributed by atoms with E-state index in [-0.39, 0.29) is 5.41 Å². The summed E-state index contributed by atoms with van der Waals surface area (Å²) in [5.74, 6) is 0. The Balaban J connectivity index is 1.86. The number of aryl methyl sites for hydroxylation is 3. The molecule has 1 aliphatic rings. The molecule has 0 aliphatic heterocycles. The van der Waals surface area contributed by atoms with Crippen LogP contribution in [0.3, 0.4) is 0 Å². The molecule has 0 radical (unpaired) electrons. The van der Waals surface area contributed by atoms with Crippen molar-refractivity contribution in [2.24, 2.45) is 18.2 Å². The highest BCUT2D eigenvalue weighted by Crippen LogP contribution is 2.37. The van der Waals surface area contributed by atoms with E-state index in [0.717, 1.165) is 32.2 Å². The molecule has 2 aromatic rings. The summed E-state index contributed by atoms with van der Waals surface area (Å²) in [6, 6.07) is 11.1. The van der Waals surface area contributed by atoms with Gasteiger partial charge in [-0.1, -0.05) is 31.2 Å². The van der Waals surface area contributed by atoms with Gasteiger partial charge in [-0.05, 0) is 61.3 Å². The fraction of sp³-hybridized carbons (Fsp3) is 0.500. The standard InChI is InChI=1S/C18H25N3/c1-3-16-10-17(21(2)20-16)12-18(13-19)9-8-14-6-4-5-7-15(14)11-18/h4-7,10H,3,8-9,11-13,19H2,1-2H3. The van der Waals surface area contributed by atoms with Crippen molar-refractivity contribution < 1.29 is 0 Å². The van der Waals surface area contributed by atoms with Crippen LogP contribution >= 0.6 is 0 Å². The van der Waals surface area contributed by atoms with Crippen LogP contribution in [0.1, 0.15) is 35.9 Å². The predicted octanol–water partition coefficient (Wildman–Crippen LogP) is 2.66. The minimum Gasteiger partial charge on any atom is -0.330 e. The van der Waals surface area contributed by atoms with Crippen molar-refractivity contribution in [3.8, 4) is 0 Å². The Morgan fingerprint density at radius 1 is 1.29 bits per heavy atom. The van der Waals surface area contributed by atoms with Crippen LogP contribution in [0.2, 0.25) is 0 Å². The Hall–Kier alpha value is -1.61. The van der Waals surface area contributed by atoms with Crippen molar-refractivity contribution in [2.45, 2.75) is 39.0 Å². The van der Waals surface area contributed by atoms with Gasteiger partial charge in [0.05, 0.1) is 5.69 Å². The molecule has 0 bridgehead atoms. The first-order valence-electron chi connectivity index (χ1n) is 7.94. The summed E-state index contributed by atoms with van der Waals surface area (Å²) in [5, 5.41) is 4.58. The van der Waals surface area contributed by atoms with Gasteiger partial charge in [-0.3, -0.25) is 4.68 Å². The Morgan fingerprint density at radius 3 is 2.71 bits per heavy atom. The maximum atomic E-state index is 6.20. The van der Waals surface area contributed by atoms with Crippen LogP contribution in [0.25, 0.3) is 0 Å². The summed E-state index contributed by atoms with van der Waals surface area (Å²) in [4.78, 5) is 0. The molecule has 0 saturated heterocycles. The molecule has 3 heteroatoms. The maximum Gasteiger partial charge on any atom is 0.0624 e. The monoisotopic (exact) mass is 283 g/mol. The molecular formula is C18H25N3. The molecule has 1 unspecified atom stereocenters. The van der Waals surface area contributed by atoms with E-state index in [4.69, 9.17) is 5.73 Å². The molecule has 1 aromatic heterocycles. The van der Waals surface area contributed by atoms with Crippen LogP contribution < -0.4 is 5.73 Å². The van der Waals surface area contributed by atoms with Crippen molar-refractivity contribution >= 4 is 0 Å². The number of hydrogen-bond acceptors (Lipinski definition) is 2. The Labute approximate surface area is 127 Å². The number of rotatable bonds is 4. The van der Waals surface area contributed by atoms with Gasteiger partial charge in [0.2, 0.25) is 0 Å². The second kappa shape index (κ2) is 5.64. The smallest absolute Gasteiger partial charge is 0.0624 e. The van der Waals surface area contributed by atoms with E-state index in [1.54, 1.807) is 0 Å². The zero-order chi connectivity index (χ0) is 14.9. The van der Waals surface area contributed by atoms with Gasteiger partial charge in [-0.25, -0.2) is 0 Å². The third-order valence-corrected chi connectivity index (χ3v) is 4.99. The number of nitrogens with zero attached hydrogens (tertiary/aromatic N) is 2. The summed E-state index contributed by atoms with van der Waals surface area (Å²) in [5.41, 5.74) is 11.9. The van der Waals surface area contributed by atoms with Gasteiger partial charge >= 0.3 is 0 Å². The molecule has 3 nitrogen and oxygen atoms in total. The van der Waals surface area contributed by atoms with E-state index in [2.05, 4.69) is 49.4 Å². The van der Waals surface area contributed by atoms with E-state index in [1.165, 1.54) is 28.9 Å². The number of aromatic nitrogens is 2. The molecule has 0 amide bonds. The third kappa shape index (κ3) is 2.75. The first-order chi connectivity index (χ1) is 10.2. The third-order valence-electron chi connectivity index (χ3n) is 4.99. The highest BCUT2D eigenvalue weighted by Gasteiger charge is 2.34. The molecule has 1 aromatic carbocycles. The van der Waals surface area contributed by atoms with Crippen LogP contribution in [0, 0.1) is 5.41 Å². The Kier molecular flexibility index (Phi) is 3.85. The highest BCUT2D eigenvalue weighted by atomic mass is 15.3. The second-order valence-corrected chi connectivity index (χ2v) is 6.43. The average Bonchev–Trinajstić information content (AvgIpc) is 2.87. The van der Waals surface area contributed by atoms with E-state index < -0.39 is 0 Å². The SMILES string of the molecule is CCc1cc(CC2(CN)CCc3ccccc3C2)n(C)n1. The molecule has 1 atom stereocenters. The van der Waals surface area contributed by atoms with Crippen molar-refractivity contribution in [1.82, 2.24) is 9.78 Å². The minimum atomic E-state index is 0.188. The fourth-order valence-corrected chi connectivity index (χ4v) is 3.56. The molecule has 3 rings (SSSR count). The number of nitrogens with two attached hydrogens (primary N) is 1. The molecule has 1 aliphatic carbocycles. The van der Waals surface area contributed by atoms with E-state index >= 15 is 0 Å². The molecule has 0 saturated carbocycles. The lowest BCUT2D eigenvalue weighted by atomic mass is 9.69. The summed E-state index contributed by atoms with van der Waals surface area (Å²) >= 11 is 0. The van der Waals surface area contributed by atoms with Crippen LogP contribution in [-0.4, -0.2) is 16.3 Å². The van der Waals surface area contributed by atoms with Crippen LogP contribution in [0.4, 0.5) is 0 Å². The minimum absolute atomic E-state index is 0.188. The lowest BCUT2D eigenvalue weighted by Crippen LogP contribution is -2.38. The van der Waals surface area contributed by atoms with Crippen LogP contribution in [0.5, 0.6) is 0 Å². The number of benzene rings is 1. The quantitative estimate of drug-likeness (QED) is 0.937. The summed E-state index contributed by atoms with van der Waals surface area (Å²) in [6.07, 6.45) is 5.43. The van der Waals surface area contributed by atoms with Gasteiger partial charge in [-0.15, -0.1) is 0 Å². The molecule has 21 heavy (non-hydrogen) atoms. The normalized spacial score (nSPS) is 21.3. The van der Waals surface area contributed by atoms with Gasteiger partial charge < -0.3 is 5.73 Å². The maximum absolute atomic E-state index is 6.20. The lowest BCUT2D eigenvalue weighted by Gasteiger charge is -2.37. The van der Waals surface area contributed by atoms with E-state index in [0.29, 0.717) is 0 Å². The summed E-state index contributed by atoms with van der Waals surface area (Å²) in [7, 11) is 2.05. The van der Waals surface area contributed by atoms with Crippen molar-refractivity contribution in [3.63, 3.8) is 0 Å². The van der Waals surface area contributed by atoms with Crippen molar-refractivity contribution in [2.75, 3.05) is 6.54 Å². The van der Waals surface area contributed by atoms with Gasteiger partial charge in [-0.2, -0.15) is 5.10 Å². The number of fused-ring (bicyclic) bond motifs is 1. The average molecular weight is 283 g/mol. The number of hydrogen-bond donors (Lipinski definition) is 1. The molecule has 0 spiro atoms. The molecular weight excluding hydrogens is 258 g/mol. The molecule has 0 fully saturated rings. The van der Waals surface area contributed by atoms with Crippen molar-refractivity contribution in [1.29, 1.82) is 0 Å². The van der Waals surface area contributed by atoms with Crippen LogP contribution in [0.15, 0.2) is 30.3 Å². The van der Waals surface area contributed by atoms with Gasteiger partial charge in [0, 0.05) is 12.7 Å². The van der Waals surface area contributed by atoms with Crippen molar-refractivity contribution in [3.05, 3.63) is 52.8 Å². The zero-order valence-electron chi connectivity index (χ0n) is 13.1.